The lowest BCUT2D eigenvalue weighted by Crippen LogP contribution is -2.30. The van der Waals surface area contributed by atoms with Crippen LogP contribution in [-0.4, -0.2) is 5.91 Å². The molecule has 0 radical (unpaired) electrons. The molecule has 0 spiro atoms. The highest BCUT2D eigenvalue weighted by Gasteiger charge is 2.12. The fourth-order valence-corrected chi connectivity index (χ4v) is 4.45. The van der Waals surface area contributed by atoms with Crippen LogP contribution in [0.2, 0.25) is 0 Å². The molecule has 0 unspecified atom stereocenters. The van der Waals surface area contributed by atoms with Gasteiger partial charge in [-0.1, -0.05) is 48.5 Å². The molecule has 0 aliphatic heterocycles. The molecule has 0 fully saturated rings. The summed E-state index contributed by atoms with van der Waals surface area (Å²) >= 11 is 0. The summed E-state index contributed by atoms with van der Waals surface area (Å²) in [5.41, 5.74) is 5.57. The zero-order valence-corrected chi connectivity index (χ0v) is 21.7. The minimum absolute atomic E-state index is 0.130. The van der Waals surface area contributed by atoms with E-state index in [4.69, 9.17) is 4.74 Å². The Kier molecular flexibility index (Phi) is 7.09. The van der Waals surface area contributed by atoms with Gasteiger partial charge in [0.2, 0.25) is 11.4 Å². The zero-order valence-electron chi connectivity index (χ0n) is 21.7. The Morgan fingerprint density at radius 3 is 1.68 bits per heavy atom. The first-order valence-electron chi connectivity index (χ1n) is 13.0. The van der Waals surface area contributed by atoms with Crippen LogP contribution in [0.4, 0.5) is 5.69 Å². The number of anilines is 1. The number of carbonyl (C=O) groups excluding carboxylic acids is 1. The van der Waals surface area contributed by atoms with Crippen molar-refractivity contribution in [1.29, 1.82) is 0 Å². The van der Waals surface area contributed by atoms with Crippen molar-refractivity contribution in [2.75, 3.05) is 5.32 Å². The standard InChI is InChI=1S/C35H26N3O2/c39-35(29-9-3-1-4-10-29)36-30-11-7-12-31(25-30)37-21-17-27(18-22-37)28-19-23-38(24-20-28)32-13-8-16-34(26-32)40-33-14-5-2-6-15-33/h1-26H/q+1/p+1. The van der Waals surface area contributed by atoms with Crippen molar-refractivity contribution in [3.63, 3.8) is 0 Å². The topological polar surface area (TPSA) is 46.1 Å². The van der Waals surface area contributed by atoms with Crippen LogP contribution in [0.1, 0.15) is 10.4 Å². The number of nitrogens with one attached hydrogen (secondary N) is 1. The molecule has 0 bridgehead atoms. The molecule has 0 saturated heterocycles. The number of para-hydroxylation sites is 1. The smallest absolute Gasteiger partial charge is 0.255 e. The maximum atomic E-state index is 12.5. The highest BCUT2D eigenvalue weighted by atomic mass is 16.5. The lowest BCUT2D eigenvalue weighted by molar-refractivity contribution is -0.596. The van der Waals surface area contributed by atoms with Gasteiger partial charge in [0.25, 0.3) is 5.91 Å². The third-order valence-corrected chi connectivity index (χ3v) is 6.52. The van der Waals surface area contributed by atoms with Gasteiger partial charge in [-0.15, -0.1) is 0 Å². The van der Waals surface area contributed by atoms with E-state index < -0.39 is 0 Å². The molecule has 0 aliphatic rings. The number of amides is 1. The largest absolute Gasteiger partial charge is 0.457 e. The van der Waals surface area contributed by atoms with E-state index in [9.17, 15) is 4.79 Å². The number of carbonyl (C=O) groups is 1. The first kappa shape index (κ1) is 24.8. The maximum Gasteiger partial charge on any atom is 0.255 e. The Morgan fingerprint density at radius 2 is 1.05 bits per heavy atom. The van der Waals surface area contributed by atoms with Crippen molar-refractivity contribution in [3.8, 4) is 34.0 Å². The molecule has 6 rings (SSSR count). The molecular formula is C35H27N3O2+2. The van der Waals surface area contributed by atoms with Crippen LogP contribution in [0.3, 0.4) is 0 Å². The van der Waals surface area contributed by atoms with Gasteiger partial charge in [0.1, 0.15) is 11.5 Å². The molecule has 0 saturated carbocycles. The van der Waals surface area contributed by atoms with Crippen LogP contribution in [0, 0.1) is 0 Å². The van der Waals surface area contributed by atoms with Crippen LogP contribution >= 0.6 is 0 Å². The lowest BCUT2D eigenvalue weighted by Gasteiger charge is -2.06. The fourth-order valence-electron chi connectivity index (χ4n) is 4.45. The maximum absolute atomic E-state index is 12.5. The molecule has 1 amide bonds. The second-order valence-electron chi connectivity index (χ2n) is 9.27. The summed E-state index contributed by atoms with van der Waals surface area (Å²) in [6.45, 7) is 0. The number of hydrogen-bond acceptors (Lipinski definition) is 2. The minimum atomic E-state index is -0.130. The molecule has 6 aromatic rings. The normalized spacial score (nSPS) is 10.6. The van der Waals surface area contributed by atoms with Crippen molar-refractivity contribution in [2.24, 2.45) is 0 Å². The average molecular weight is 522 g/mol. The van der Waals surface area contributed by atoms with E-state index in [0.717, 1.165) is 39.7 Å². The molecule has 192 valence electrons. The number of pyridine rings is 2. The second-order valence-corrected chi connectivity index (χ2v) is 9.27. The Labute approximate surface area is 233 Å². The van der Waals surface area contributed by atoms with Crippen molar-refractivity contribution < 1.29 is 18.7 Å². The van der Waals surface area contributed by atoms with Crippen LogP contribution in [0.25, 0.3) is 22.5 Å². The van der Waals surface area contributed by atoms with E-state index in [1.165, 1.54) is 0 Å². The van der Waals surface area contributed by atoms with E-state index in [-0.39, 0.29) is 5.91 Å². The molecule has 5 nitrogen and oxygen atoms in total. The molecule has 0 atom stereocenters. The summed E-state index contributed by atoms with van der Waals surface area (Å²) in [6.07, 6.45) is 8.16. The molecule has 4 aromatic carbocycles. The Balaban J connectivity index is 1.15. The second kappa shape index (κ2) is 11.5. The molecule has 40 heavy (non-hydrogen) atoms. The summed E-state index contributed by atoms with van der Waals surface area (Å²) in [6, 6.07) is 43.2. The third kappa shape index (κ3) is 5.79. The number of ether oxygens (including phenoxy) is 1. The molecule has 0 aliphatic carbocycles. The van der Waals surface area contributed by atoms with Crippen LogP contribution in [-0.2, 0) is 0 Å². The van der Waals surface area contributed by atoms with Crippen molar-refractivity contribution in [1.82, 2.24) is 0 Å². The van der Waals surface area contributed by atoms with E-state index in [1.54, 1.807) is 12.1 Å². The summed E-state index contributed by atoms with van der Waals surface area (Å²) in [4.78, 5) is 12.5. The van der Waals surface area contributed by atoms with Crippen LogP contribution in [0.5, 0.6) is 11.5 Å². The number of hydrogen-bond donors (Lipinski definition) is 1. The fraction of sp³-hybridized carbons (Fsp3) is 0. The highest BCUT2D eigenvalue weighted by molar-refractivity contribution is 6.04. The monoisotopic (exact) mass is 521 g/mol. The van der Waals surface area contributed by atoms with Gasteiger partial charge in [-0.2, -0.15) is 9.13 Å². The number of nitrogens with zero attached hydrogens (tertiary/aromatic N) is 2. The Morgan fingerprint density at radius 1 is 0.525 bits per heavy atom. The van der Waals surface area contributed by atoms with Crippen LogP contribution in [0.15, 0.2) is 158 Å². The molecule has 2 heterocycles. The predicted octanol–water partition coefficient (Wildman–Crippen LogP) is 6.95. The summed E-state index contributed by atoms with van der Waals surface area (Å²) in [7, 11) is 0. The zero-order chi connectivity index (χ0) is 27.1. The number of rotatable bonds is 7. The van der Waals surface area contributed by atoms with E-state index in [0.29, 0.717) is 5.56 Å². The van der Waals surface area contributed by atoms with Gasteiger partial charge in [-0.3, -0.25) is 4.79 Å². The van der Waals surface area contributed by atoms with Gasteiger partial charge in [0, 0.05) is 53.7 Å². The molecule has 1 N–H and O–H groups in total. The molecular weight excluding hydrogens is 494 g/mol. The SMILES string of the molecule is O=C(Nc1cccc(-[n+]2ccc(-c3cc[n+](-c4cccc(Oc5ccccc5)c4)cc3)cc2)c1)c1ccccc1. The van der Waals surface area contributed by atoms with E-state index in [1.807, 2.05) is 108 Å². The summed E-state index contributed by atoms with van der Waals surface area (Å²) in [5, 5.41) is 2.98. The summed E-state index contributed by atoms with van der Waals surface area (Å²) in [5.74, 6) is 1.47. The molecule has 2 aromatic heterocycles. The summed E-state index contributed by atoms with van der Waals surface area (Å²) < 4.78 is 10.1. The van der Waals surface area contributed by atoms with Crippen LogP contribution < -0.4 is 19.2 Å². The van der Waals surface area contributed by atoms with Gasteiger partial charge in [0.15, 0.2) is 24.8 Å². The first-order valence-corrected chi connectivity index (χ1v) is 13.0. The van der Waals surface area contributed by atoms with Gasteiger partial charge in [-0.25, -0.2) is 0 Å². The van der Waals surface area contributed by atoms with Gasteiger partial charge < -0.3 is 10.1 Å². The first-order chi connectivity index (χ1) is 19.7. The number of aromatic nitrogens is 2. The van der Waals surface area contributed by atoms with E-state index >= 15 is 0 Å². The van der Waals surface area contributed by atoms with E-state index in [2.05, 4.69) is 52.6 Å². The number of benzene rings is 4. The third-order valence-electron chi connectivity index (χ3n) is 6.52. The van der Waals surface area contributed by atoms with Crippen molar-refractivity contribution >= 4 is 11.6 Å². The average Bonchev–Trinajstić information content (AvgIpc) is 3.02. The van der Waals surface area contributed by atoms with Crippen molar-refractivity contribution in [3.05, 3.63) is 164 Å². The van der Waals surface area contributed by atoms with Gasteiger partial charge in [-0.05, 0) is 47.5 Å². The highest BCUT2D eigenvalue weighted by Crippen LogP contribution is 2.22. The van der Waals surface area contributed by atoms with Gasteiger partial charge >= 0.3 is 0 Å². The lowest BCUT2D eigenvalue weighted by atomic mass is 10.1. The molecule has 5 heteroatoms. The Hall–Kier alpha value is -5.55. The quantitative estimate of drug-likeness (QED) is 0.231. The Bertz CT molecular complexity index is 1730. The van der Waals surface area contributed by atoms with Gasteiger partial charge in [0.05, 0.1) is 6.07 Å². The predicted molar refractivity (Wildman–Crippen MR) is 156 cm³/mol. The minimum Gasteiger partial charge on any atom is -0.457 e. The van der Waals surface area contributed by atoms with Crippen molar-refractivity contribution in [2.45, 2.75) is 0 Å².